The van der Waals surface area contributed by atoms with Gasteiger partial charge in [0.25, 0.3) is 5.91 Å². The second kappa shape index (κ2) is 6.23. The number of carbonyl (C=O) groups is 2. The number of nitrogens with one attached hydrogen (secondary N) is 1. The first-order chi connectivity index (χ1) is 9.06. The fourth-order valence-corrected chi connectivity index (χ4v) is 2.76. The van der Waals surface area contributed by atoms with Gasteiger partial charge >= 0.3 is 5.97 Å². The van der Waals surface area contributed by atoms with Crippen LogP contribution >= 0.6 is 15.9 Å². The number of hydrogen-bond acceptors (Lipinski definition) is 2. The topological polar surface area (TPSA) is 73.4 Å². The van der Waals surface area contributed by atoms with Crippen molar-refractivity contribution in [1.82, 2.24) is 9.88 Å². The van der Waals surface area contributed by atoms with Gasteiger partial charge in [-0.1, -0.05) is 0 Å². The fraction of sp³-hybridized carbons (Fsp3) is 0.538. The number of halogens is 1. The molecule has 2 rings (SSSR count). The van der Waals surface area contributed by atoms with E-state index < -0.39 is 5.97 Å². The van der Waals surface area contributed by atoms with E-state index in [4.69, 9.17) is 5.11 Å². The molecule has 1 aliphatic rings. The molecule has 1 aromatic rings. The largest absolute Gasteiger partial charge is 0.481 e. The molecule has 5 nitrogen and oxygen atoms in total. The zero-order chi connectivity index (χ0) is 13.8. The summed E-state index contributed by atoms with van der Waals surface area (Å²) in [7, 11) is 0. The van der Waals surface area contributed by atoms with E-state index in [0.29, 0.717) is 31.1 Å². The van der Waals surface area contributed by atoms with Crippen molar-refractivity contribution in [1.29, 1.82) is 0 Å². The highest BCUT2D eigenvalue weighted by molar-refractivity contribution is 9.10. The number of H-pyrrole nitrogens is 1. The molecule has 0 atom stereocenters. The van der Waals surface area contributed by atoms with Gasteiger partial charge in [-0.25, -0.2) is 0 Å². The molecule has 2 N–H and O–H groups in total. The maximum absolute atomic E-state index is 12.2. The Bertz CT molecular complexity index is 464. The predicted octanol–water partition coefficient (Wildman–Crippen LogP) is 2.49. The van der Waals surface area contributed by atoms with E-state index in [1.165, 1.54) is 0 Å². The summed E-state index contributed by atoms with van der Waals surface area (Å²) in [6.45, 7) is 1.42. The number of carbonyl (C=O) groups excluding carboxylic acids is 1. The number of carboxylic acid groups (broad SMARTS) is 1. The number of nitrogens with zero attached hydrogens (tertiary/aromatic N) is 1. The highest BCUT2D eigenvalue weighted by Gasteiger charge is 2.24. The molecule has 0 aromatic carbocycles. The van der Waals surface area contributed by atoms with E-state index >= 15 is 0 Å². The molecule has 1 amide bonds. The lowest BCUT2D eigenvalue weighted by Gasteiger charge is -2.31. The molecule has 0 saturated carbocycles. The second-order valence-corrected chi connectivity index (χ2v) is 5.82. The number of aliphatic carboxylic acids is 1. The van der Waals surface area contributed by atoms with Crippen LogP contribution in [-0.4, -0.2) is 40.0 Å². The van der Waals surface area contributed by atoms with Crippen LogP contribution in [0.5, 0.6) is 0 Å². The van der Waals surface area contributed by atoms with Crippen LogP contribution in [0.1, 0.15) is 36.2 Å². The lowest BCUT2D eigenvalue weighted by Crippen LogP contribution is -2.38. The molecule has 0 radical (unpaired) electrons. The van der Waals surface area contributed by atoms with Crippen molar-refractivity contribution in [3.05, 3.63) is 22.4 Å². The monoisotopic (exact) mass is 328 g/mol. The second-order valence-electron chi connectivity index (χ2n) is 4.90. The zero-order valence-corrected chi connectivity index (χ0v) is 12.1. The maximum atomic E-state index is 12.2. The van der Waals surface area contributed by atoms with Crippen LogP contribution in [0.15, 0.2) is 16.7 Å². The lowest BCUT2D eigenvalue weighted by atomic mass is 9.92. The number of amides is 1. The summed E-state index contributed by atoms with van der Waals surface area (Å²) in [5.41, 5.74) is 0.593. The quantitative estimate of drug-likeness (QED) is 0.891. The van der Waals surface area contributed by atoms with Crippen molar-refractivity contribution in [3.8, 4) is 0 Å². The maximum Gasteiger partial charge on any atom is 0.303 e. The van der Waals surface area contributed by atoms with Crippen molar-refractivity contribution in [3.63, 3.8) is 0 Å². The molecule has 19 heavy (non-hydrogen) atoms. The minimum absolute atomic E-state index is 0.0161. The predicted molar refractivity (Wildman–Crippen MR) is 74.0 cm³/mol. The Morgan fingerprint density at radius 2 is 2.11 bits per heavy atom. The summed E-state index contributed by atoms with van der Waals surface area (Å²) in [5, 5.41) is 8.66. The molecule has 6 heteroatoms. The van der Waals surface area contributed by atoms with E-state index in [0.717, 1.165) is 17.3 Å². The summed E-state index contributed by atoms with van der Waals surface area (Å²) in [4.78, 5) is 27.5. The number of rotatable bonds is 4. The zero-order valence-electron chi connectivity index (χ0n) is 10.6. The third-order valence-corrected chi connectivity index (χ3v) is 4.00. The summed E-state index contributed by atoms with van der Waals surface area (Å²) < 4.78 is 0.868. The summed E-state index contributed by atoms with van der Waals surface area (Å²) in [6, 6.07) is 1.78. The third-order valence-electron chi connectivity index (χ3n) is 3.55. The average molecular weight is 329 g/mol. The third kappa shape index (κ3) is 3.83. The summed E-state index contributed by atoms with van der Waals surface area (Å²) in [6.07, 6.45) is 4.46. The summed E-state index contributed by atoms with van der Waals surface area (Å²) in [5.74, 6) is -0.298. The minimum Gasteiger partial charge on any atom is -0.481 e. The lowest BCUT2D eigenvalue weighted by molar-refractivity contribution is -0.137. The number of hydrogen-bond donors (Lipinski definition) is 2. The highest BCUT2D eigenvalue weighted by atomic mass is 79.9. The van der Waals surface area contributed by atoms with Gasteiger partial charge in [-0.2, -0.15) is 0 Å². The molecule has 1 saturated heterocycles. The molecular weight excluding hydrogens is 312 g/mol. The molecular formula is C13H17BrN2O3. The van der Waals surface area contributed by atoms with Crippen LogP contribution < -0.4 is 0 Å². The number of aromatic amines is 1. The Labute approximate surface area is 120 Å². The van der Waals surface area contributed by atoms with E-state index in [9.17, 15) is 9.59 Å². The van der Waals surface area contributed by atoms with Crippen LogP contribution in [0.3, 0.4) is 0 Å². The van der Waals surface area contributed by atoms with Crippen molar-refractivity contribution in [2.45, 2.75) is 25.7 Å². The van der Waals surface area contributed by atoms with Crippen molar-refractivity contribution < 1.29 is 14.7 Å². The van der Waals surface area contributed by atoms with Gasteiger partial charge < -0.3 is 15.0 Å². The standard InChI is InChI=1S/C13H17BrN2O3/c14-10-7-11(15-8-10)13(19)16-5-3-9(4-6-16)1-2-12(17)18/h7-9,15H,1-6H2,(H,17,18). The normalized spacial score (nSPS) is 16.6. The minimum atomic E-state index is -0.741. The van der Waals surface area contributed by atoms with Gasteiger partial charge in [-0.15, -0.1) is 0 Å². The smallest absolute Gasteiger partial charge is 0.303 e. The van der Waals surface area contributed by atoms with Crippen LogP contribution in [0, 0.1) is 5.92 Å². The number of aromatic nitrogens is 1. The van der Waals surface area contributed by atoms with Gasteiger partial charge in [-0.3, -0.25) is 9.59 Å². The molecule has 1 aliphatic heterocycles. The molecule has 104 valence electrons. The van der Waals surface area contributed by atoms with Crippen molar-refractivity contribution in [2.75, 3.05) is 13.1 Å². The molecule has 0 spiro atoms. The number of likely N-dealkylation sites (tertiary alicyclic amines) is 1. The van der Waals surface area contributed by atoms with Gasteiger partial charge in [0.1, 0.15) is 5.69 Å². The first-order valence-corrected chi connectivity index (χ1v) is 7.20. The summed E-state index contributed by atoms with van der Waals surface area (Å²) >= 11 is 3.31. The Hall–Kier alpha value is -1.30. The van der Waals surface area contributed by atoms with Crippen LogP contribution in [0.25, 0.3) is 0 Å². The molecule has 1 fully saturated rings. The Morgan fingerprint density at radius 3 is 2.63 bits per heavy atom. The van der Waals surface area contributed by atoms with Crippen LogP contribution in [0.2, 0.25) is 0 Å². The molecule has 0 bridgehead atoms. The highest BCUT2D eigenvalue weighted by Crippen LogP contribution is 2.23. The molecule has 0 aliphatic carbocycles. The van der Waals surface area contributed by atoms with E-state index in [1.807, 2.05) is 4.90 Å². The van der Waals surface area contributed by atoms with Crippen molar-refractivity contribution in [2.24, 2.45) is 5.92 Å². The Balaban J connectivity index is 1.83. The fourth-order valence-electron chi connectivity index (χ4n) is 2.41. The molecule has 1 aromatic heterocycles. The first-order valence-electron chi connectivity index (χ1n) is 6.41. The van der Waals surface area contributed by atoms with Gasteiger partial charge in [-0.05, 0) is 47.2 Å². The Morgan fingerprint density at radius 1 is 1.42 bits per heavy atom. The average Bonchev–Trinajstić information content (AvgIpc) is 2.83. The molecule has 2 heterocycles. The van der Waals surface area contributed by atoms with Gasteiger partial charge in [0, 0.05) is 30.2 Å². The number of carboxylic acids is 1. The first kappa shape index (κ1) is 14.1. The van der Waals surface area contributed by atoms with E-state index in [-0.39, 0.29) is 12.3 Å². The van der Waals surface area contributed by atoms with Crippen LogP contribution in [0.4, 0.5) is 0 Å². The van der Waals surface area contributed by atoms with E-state index in [1.54, 1.807) is 12.3 Å². The molecule has 0 unspecified atom stereocenters. The van der Waals surface area contributed by atoms with Crippen molar-refractivity contribution >= 4 is 27.8 Å². The van der Waals surface area contributed by atoms with Gasteiger partial charge in [0.15, 0.2) is 0 Å². The van der Waals surface area contributed by atoms with Gasteiger partial charge in [0.2, 0.25) is 0 Å². The van der Waals surface area contributed by atoms with E-state index in [2.05, 4.69) is 20.9 Å². The van der Waals surface area contributed by atoms with Crippen LogP contribution in [-0.2, 0) is 4.79 Å². The Kier molecular flexibility index (Phi) is 4.63. The number of piperidine rings is 1. The van der Waals surface area contributed by atoms with Gasteiger partial charge in [0.05, 0.1) is 0 Å². The SMILES string of the molecule is O=C(O)CCC1CCN(C(=O)c2cc(Br)c[nH]2)CC1.